The number of rotatable bonds is 7. The summed E-state index contributed by atoms with van der Waals surface area (Å²) in [6.07, 6.45) is 7.31. The van der Waals surface area contributed by atoms with E-state index in [1.165, 1.54) is 19.3 Å². The highest BCUT2D eigenvalue weighted by Crippen LogP contribution is 2.38. The average Bonchev–Trinajstić information content (AvgIpc) is 2.91. The van der Waals surface area contributed by atoms with Crippen molar-refractivity contribution in [3.8, 4) is 0 Å². The second-order valence-electron chi connectivity index (χ2n) is 7.06. The van der Waals surface area contributed by atoms with Crippen LogP contribution >= 0.6 is 0 Å². The van der Waals surface area contributed by atoms with Crippen LogP contribution in [0.25, 0.3) is 0 Å². The topological polar surface area (TPSA) is 87.4 Å². The van der Waals surface area contributed by atoms with Gasteiger partial charge in [-0.3, -0.25) is 0 Å². The molecule has 1 aliphatic rings. The van der Waals surface area contributed by atoms with Gasteiger partial charge in [-0.2, -0.15) is 0 Å². The number of nitrogens with zero attached hydrogens (tertiary/aromatic N) is 1. The van der Waals surface area contributed by atoms with Crippen LogP contribution in [0.15, 0.2) is 4.52 Å². The Labute approximate surface area is 144 Å². The SMILES string of the molecule is CCC(NC(=O)NCC1(CCO)CCCCC1)c1c(C)noc1C. The second kappa shape index (κ2) is 8.51. The molecule has 0 aromatic carbocycles. The van der Waals surface area contributed by atoms with E-state index in [1.807, 2.05) is 20.8 Å². The molecule has 136 valence electrons. The minimum Gasteiger partial charge on any atom is -0.396 e. The molecule has 1 aromatic rings. The number of carbonyl (C=O) groups is 1. The van der Waals surface area contributed by atoms with Crippen molar-refractivity contribution < 1.29 is 14.4 Å². The summed E-state index contributed by atoms with van der Waals surface area (Å²) in [6.45, 7) is 6.60. The number of amides is 2. The van der Waals surface area contributed by atoms with Gasteiger partial charge in [0, 0.05) is 18.7 Å². The zero-order valence-electron chi connectivity index (χ0n) is 15.2. The molecule has 24 heavy (non-hydrogen) atoms. The van der Waals surface area contributed by atoms with Crippen LogP contribution in [0.2, 0.25) is 0 Å². The number of aromatic nitrogens is 1. The van der Waals surface area contributed by atoms with Crippen LogP contribution in [0.4, 0.5) is 4.79 Å². The first-order valence-electron chi connectivity index (χ1n) is 9.09. The molecule has 0 radical (unpaired) electrons. The second-order valence-corrected chi connectivity index (χ2v) is 7.06. The van der Waals surface area contributed by atoms with Crippen LogP contribution in [-0.4, -0.2) is 29.4 Å². The number of carbonyl (C=O) groups excluding carboxylic acids is 1. The highest BCUT2D eigenvalue weighted by Gasteiger charge is 2.32. The molecular weight excluding hydrogens is 306 g/mol. The van der Waals surface area contributed by atoms with Gasteiger partial charge in [-0.15, -0.1) is 0 Å². The van der Waals surface area contributed by atoms with Gasteiger partial charge in [0.15, 0.2) is 0 Å². The van der Waals surface area contributed by atoms with Crippen molar-refractivity contribution in [2.45, 2.75) is 71.8 Å². The summed E-state index contributed by atoms with van der Waals surface area (Å²) in [5.74, 6) is 0.753. The van der Waals surface area contributed by atoms with Crippen LogP contribution in [0.1, 0.15) is 74.9 Å². The van der Waals surface area contributed by atoms with Crippen LogP contribution in [0, 0.1) is 19.3 Å². The fraction of sp³-hybridized carbons (Fsp3) is 0.778. The van der Waals surface area contributed by atoms with Crippen LogP contribution < -0.4 is 10.6 Å². The molecule has 2 rings (SSSR count). The largest absolute Gasteiger partial charge is 0.396 e. The Morgan fingerprint density at radius 2 is 2.04 bits per heavy atom. The standard InChI is InChI=1S/C18H31N3O3/c1-4-15(16-13(2)21-24-14(16)3)20-17(23)19-12-18(10-11-22)8-6-5-7-9-18/h15,22H,4-12H2,1-3H3,(H2,19,20,23). The molecule has 1 heterocycles. The van der Waals surface area contributed by atoms with Gasteiger partial charge in [0.1, 0.15) is 5.76 Å². The van der Waals surface area contributed by atoms with Gasteiger partial charge in [0.25, 0.3) is 0 Å². The average molecular weight is 337 g/mol. The van der Waals surface area contributed by atoms with E-state index in [2.05, 4.69) is 15.8 Å². The van der Waals surface area contributed by atoms with Crippen molar-refractivity contribution in [1.29, 1.82) is 0 Å². The number of aryl methyl sites for hydroxylation is 2. The third kappa shape index (κ3) is 4.50. The Bertz CT molecular complexity index is 511. The van der Waals surface area contributed by atoms with E-state index >= 15 is 0 Å². The molecular formula is C18H31N3O3. The first-order valence-corrected chi connectivity index (χ1v) is 9.09. The normalized spacial score (nSPS) is 18.2. The molecule has 1 aromatic heterocycles. The Balaban J connectivity index is 1.94. The lowest BCUT2D eigenvalue weighted by atomic mass is 9.72. The lowest BCUT2D eigenvalue weighted by Crippen LogP contribution is -2.45. The summed E-state index contributed by atoms with van der Waals surface area (Å²) in [5, 5.41) is 19.4. The van der Waals surface area contributed by atoms with Crippen molar-refractivity contribution in [2.75, 3.05) is 13.2 Å². The maximum Gasteiger partial charge on any atom is 0.315 e. The molecule has 0 bridgehead atoms. The molecule has 0 spiro atoms. The van der Waals surface area contributed by atoms with E-state index in [-0.39, 0.29) is 24.1 Å². The Morgan fingerprint density at radius 3 is 2.58 bits per heavy atom. The predicted molar refractivity (Wildman–Crippen MR) is 92.8 cm³/mol. The molecule has 6 nitrogen and oxygen atoms in total. The molecule has 0 aliphatic heterocycles. The van der Waals surface area contributed by atoms with E-state index in [0.29, 0.717) is 6.54 Å². The number of urea groups is 1. The minimum atomic E-state index is -0.162. The molecule has 2 amide bonds. The van der Waals surface area contributed by atoms with E-state index in [1.54, 1.807) is 0 Å². The summed E-state index contributed by atoms with van der Waals surface area (Å²) in [7, 11) is 0. The highest BCUT2D eigenvalue weighted by atomic mass is 16.5. The fourth-order valence-corrected chi connectivity index (χ4v) is 3.90. The maximum atomic E-state index is 12.4. The number of hydrogen-bond donors (Lipinski definition) is 3. The monoisotopic (exact) mass is 337 g/mol. The van der Waals surface area contributed by atoms with Gasteiger partial charge >= 0.3 is 6.03 Å². The minimum absolute atomic E-state index is 0.0507. The third-order valence-corrected chi connectivity index (χ3v) is 5.33. The molecule has 0 saturated heterocycles. The molecule has 1 atom stereocenters. The lowest BCUT2D eigenvalue weighted by Gasteiger charge is -2.37. The summed E-state index contributed by atoms with van der Waals surface area (Å²) in [5.41, 5.74) is 1.84. The van der Waals surface area contributed by atoms with Crippen molar-refractivity contribution >= 4 is 6.03 Å². The molecule has 3 N–H and O–H groups in total. The third-order valence-electron chi connectivity index (χ3n) is 5.33. The molecule has 1 saturated carbocycles. The summed E-state index contributed by atoms with van der Waals surface area (Å²) in [4.78, 5) is 12.4. The zero-order chi connectivity index (χ0) is 17.6. The smallest absolute Gasteiger partial charge is 0.315 e. The maximum absolute atomic E-state index is 12.4. The van der Waals surface area contributed by atoms with Crippen molar-refractivity contribution in [3.05, 3.63) is 17.0 Å². The summed E-state index contributed by atoms with van der Waals surface area (Å²) < 4.78 is 5.21. The molecule has 1 fully saturated rings. The van der Waals surface area contributed by atoms with Gasteiger partial charge in [-0.1, -0.05) is 31.3 Å². The predicted octanol–water partition coefficient (Wildman–Crippen LogP) is 3.37. The molecule has 6 heteroatoms. The van der Waals surface area contributed by atoms with Gasteiger partial charge in [0.05, 0.1) is 11.7 Å². The van der Waals surface area contributed by atoms with Crippen LogP contribution in [0.3, 0.4) is 0 Å². The summed E-state index contributed by atoms with van der Waals surface area (Å²) in [6, 6.07) is -0.263. The van der Waals surface area contributed by atoms with Gasteiger partial charge < -0.3 is 20.3 Å². The zero-order valence-corrected chi connectivity index (χ0v) is 15.2. The van der Waals surface area contributed by atoms with Gasteiger partial charge in [-0.25, -0.2) is 4.79 Å². The number of hydrogen-bond acceptors (Lipinski definition) is 4. The van der Waals surface area contributed by atoms with E-state index < -0.39 is 0 Å². The van der Waals surface area contributed by atoms with Gasteiger partial charge in [0.2, 0.25) is 0 Å². The molecule has 1 aliphatic carbocycles. The fourth-order valence-electron chi connectivity index (χ4n) is 3.90. The Hall–Kier alpha value is -1.56. The van der Waals surface area contributed by atoms with E-state index in [4.69, 9.17) is 4.52 Å². The van der Waals surface area contributed by atoms with Crippen LogP contribution in [-0.2, 0) is 0 Å². The Morgan fingerprint density at radius 1 is 1.33 bits per heavy atom. The lowest BCUT2D eigenvalue weighted by molar-refractivity contribution is 0.127. The van der Waals surface area contributed by atoms with Crippen molar-refractivity contribution in [1.82, 2.24) is 15.8 Å². The molecule has 1 unspecified atom stereocenters. The van der Waals surface area contributed by atoms with Gasteiger partial charge in [-0.05, 0) is 44.9 Å². The quantitative estimate of drug-likeness (QED) is 0.712. The first-order chi connectivity index (χ1) is 11.5. The summed E-state index contributed by atoms with van der Waals surface area (Å²) >= 11 is 0. The number of aliphatic hydroxyl groups excluding tert-OH is 1. The number of aliphatic hydroxyl groups is 1. The first kappa shape index (κ1) is 18.8. The Kier molecular flexibility index (Phi) is 6.66. The van der Waals surface area contributed by atoms with E-state index in [9.17, 15) is 9.90 Å². The van der Waals surface area contributed by atoms with Crippen molar-refractivity contribution in [3.63, 3.8) is 0 Å². The van der Waals surface area contributed by atoms with Crippen molar-refractivity contribution in [2.24, 2.45) is 5.41 Å². The van der Waals surface area contributed by atoms with Crippen LogP contribution in [0.5, 0.6) is 0 Å². The van der Waals surface area contributed by atoms with E-state index in [0.717, 1.165) is 42.7 Å². The number of nitrogens with one attached hydrogen (secondary N) is 2. The highest BCUT2D eigenvalue weighted by molar-refractivity contribution is 5.74.